The minimum Gasteiger partial charge on any atom is -0.507 e. The second-order valence-corrected chi connectivity index (χ2v) is 12.3. The van der Waals surface area contributed by atoms with Gasteiger partial charge in [-0.25, -0.2) is 5.43 Å². The first-order valence-electron chi connectivity index (χ1n) is 13.8. The average Bonchev–Trinajstić information content (AvgIpc) is 2.91. The highest BCUT2D eigenvalue weighted by Crippen LogP contribution is 2.40. The minimum absolute atomic E-state index is 0.175. The van der Waals surface area contributed by atoms with Gasteiger partial charge in [0.25, 0.3) is 0 Å². The molecule has 5 nitrogen and oxygen atoms in total. The molecule has 0 aliphatic carbocycles. The summed E-state index contributed by atoms with van der Waals surface area (Å²) >= 11 is 0. The lowest BCUT2D eigenvalue weighted by Crippen LogP contribution is -2.20. The molecule has 0 aliphatic rings. The molecule has 2 N–H and O–H groups in total. The van der Waals surface area contributed by atoms with E-state index in [4.69, 9.17) is 4.74 Å². The van der Waals surface area contributed by atoms with Gasteiger partial charge in [0.2, 0.25) is 5.91 Å². The molecule has 0 fully saturated rings. The van der Waals surface area contributed by atoms with Crippen molar-refractivity contribution in [1.29, 1.82) is 0 Å². The largest absolute Gasteiger partial charge is 0.507 e. The first kappa shape index (κ1) is 28.9. The summed E-state index contributed by atoms with van der Waals surface area (Å²) in [6, 6.07) is 26.1. The van der Waals surface area contributed by atoms with Gasteiger partial charge in [-0.2, -0.15) is 5.10 Å². The van der Waals surface area contributed by atoms with Crippen LogP contribution in [-0.2, 0) is 28.7 Å². The van der Waals surface area contributed by atoms with E-state index < -0.39 is 0 Å². The third-order valence-corrected chi connectivity index (χ3v) is 6.98. The predicted molar refractivity (Wildman–Crippen MR) is 164 cm³/mol. The standard InChI is InChI=1S/C35H40N2O3/c1-34(2,3)29-20-25(21-30(33(29)39)35(4,5)6)16-19-32(38)37-36-22-28-27-15-11-10-14-26(27)17-18-31(28)40-23-24-12-8-7-9-13-24/h7-15,17-18,20-22,39H,16,19,23H2,1-6H3,(H,37,38)/b36-22+. The SMILES string of the molecule is CC(C)(C)c1cc(CCC(=O)N/N=C/c2c(OCc3ccccc3)ccc3ccccc23)cc(C(C)(C)C)c1O. The Bertz CT molecular complexity index is 1470. The van der Waals surface area contributed by atoms with Crippen LogP contribution in [0.25, 0.3) is 10.8 Å². The molecule has 1 amide bonds. The molecule has 0 spiro atoms. The van der Waals surface area contributed by atoms with Crippen molar-refractivity contribution in [3.63, 3.8) is 0 Å². The Morgan fingerprint density at radius 2 is 1.48 bits per heavy atom. The van der Waals surface area contributed by atoms with Crippen LogP contribution >= 0.6 is 0 Å². The molecule has 0 radical (unpaired) electrons. The molecular formula is C35H40N2O3. The fraction of sp³-hybridized carbons (Fsp3) is 0.314. The molecule has 0 aromatic heterocycles. The monoisotopic (exact) mass is 536 g/mol. The fourth-order valence-electron chi connectivity index (χ4n) is 4.73. The lowest BCUT2D eigenvalue weighted by atomic mass is 9.78. The topological polar surface area (TPSA) is 70.9 Å². The van der Waals surface area contributed by atoms with E-state index in [-0.39, 0.29) is 23.2 Å². The highest BCUT2D eigenvalue weighted by atomic mass is 16.5. The van der Waals surface area contributed by atoms with Crippen LogP contribution in [0.1, 0.15) is 75.8 Å². The number of amides is 1. The van der Waals surface area contributed by atoms with Gasteiger partial charge in [0.05, 0.1) is 6.21 Å². The van der Waals surface area contributed by atoms with Crippen LogP contribution in [0.2, 0.25) is 0 Å². The zero-order valence-corrected chi connectivity index (χ0v) is 24.4. The molecule has 5 heteroatoms. The minimum atomic E-state index is -0.217. The molecule has 0 bridgehead atoms. The number of aryl methyl sites for hydroxylation is 1. The maximum Gasteiger partial charge on any atom is 0.240 e. The van der Waals surface area contributed by atoms with Crippen molar-refractivity contribution in [2.45, 2.75) is 71.8 Å². The van der Waals surface area contributed by atoms with E-state index in [2.05, 4.69) is 52.1 Å². The van der Waals surface area contributed by atoms with Gasteiger partial charge < -0.3 is 9.84 Å². The summed E-state index contributed by atoms with van der Waals surface area (Å²) in [6.45, 7) is 13.0. The molecule has 0 saturated heterocycles. The Labute approximate surface area is 237 Å². The van der Waals surface area contributed by atoms with Gasteiger partial charge in [-0.15, -0.1) is 0 Å². The maximum atomic E-state index is 12.8. The van der Waals surface area contributed by atoms with Crippen LogP contribution in [0.3, 0.4) is 0 Å². The Hall–Kier alpha value is -4.12. The molecule has 0 saturated carbocycles. The van der Waals surface area contributed by atoms with Gasteiger partial charge in [0, 0.05) is 12.0 Å². The van der Waals surface area contributed by atoms with E-state index in [1.807, 2.05) is 78.9 Å². The molecule has 0 heterocycles. The highest BCUT2D eigenvalue weighted by Gasteiger charge is 2.26. The molecule has 0 unspecified atom stereocenters. The Kier molecular flexibility index (Phi) is 8.63. The first-order chi connectivity index (χ1) is 18.9. The normalized spacial score (nSPS) is 12.2. The molecule has 4 rings (SSSR count). The van der Waals surface area contributed by atoms with Crippen LogP contribution < -0.4 is 10.2 Å². The number of hydrogen-bond acceptors (Lipinski definition) is 4. The zero-order chi connectivity index (χ0) is 28.9. The summed E-state index contributed by atoms with van der Waals surface area (Å²) in [6.07, 6.45) is 2.49. The number of ether oxygens (including phenoxy) is 1. The molecular weight excluding hydrogens is 496 g/mol. The van der Waals surface area contributed by atoms with Crippen molar-refractivity contribution < 1.29 is 14.6 Å². The number of benzene rings is 4. The van der Waals surface area contributed by atoms with Crippen LogP contribution in [0, 0.1) is 0 Å². The van der Waals surface area contributed by atoms with Gasteiger partial charge in [-0.05, 0) is 56.3 Å². The predicted octanol–water partition coefficient (Wildman–Crippen LogP) is 7.80. The highest BCUT2D eigenvalue weighted by molar-refractivity contribution is 6.02. The maximum absolute atomic E-state index is 12.8. The van der Waals surface area contributed by atoms with E-state index in [1.54, 1.807) is 6.21 Å². The second-order valence-electron chi connectivity index (χ2n) is 12.3. The molecule has 4 aromatic carbocycles. The Morgan fingerprint density at radius 3 is 2.12 bits per heavy atom. The smallest absolute Gasteiger partial charge is 0.240 e. The van der Waals surface area contributed by atoms with E-state index >= 15 is 0 Å². The van der Waals surface area contributed by atoms with Gasteiger partial charge in [0.15, 0.2) is 0 Å². The summed E-state index contributed by atoms with van der Waals surface area (Å²) in [7, 11) is 0. The number of nitrogens with one attached hydrogen (secondary N) is 1. The summed E-state index contributed by atoms with van der Waals surface area (Å²) in [5, 5.41) is 17.3. The van der Waals surface area contributed by atoms with Crippen LogP contribution in [0.15, 0.2) is 84.0 Å². The van der Waals surface area contributed by atoms with E-state index in [0.29, 0.717) is 24.5 Å². The van der Waals surface area contributed by atoms with Gasteiger partial charge in [-0.1, -0.05) is 114 Å². The van der Waals surface area contributed by atoms with Gasteiger partial charge >= 0.3 is 0 Å². The lowest BCUT2D eigenvalue weighted by Gasteiger charge is -2.28. The summed E-state index contributed by atoms with van der Waals surface area (Å²) in [4.78, 5) is 12.8. The quantitative estimate of drug-likeness (QED) is 0.178. The second kappa shape index (κ2) is 12.0. The van der Waals surface area contributed by atoms with Crippen molar-refractivity contribution in [2.75, 3.05) is 0 Å². The number of carbonyl (C=O) groups excluding carboxylic acids is 1. The Morgan fingerprint density at radius 1 is 0.850 bits per heavy atom. The summed E-state index contributed by atoms with van der Waals surface area (Å²) in [5.41, 5.74) is 6.97. The average molecular weight is 537 g/mol. The van der Waals surface area contributed by atoms with Crippen LogP contribution in [-0.4, -0.2) is 17.2 Å². The van der Waals surface area contributed by atoms with Crippen LogP contribution in [0.5, 0.6) is 11.5 Å². The van der Waals surface area contributed by atoms with Gasteiger partial charge in [0.1, 0.15) is 18.1 Å². The van der Waals surface area contributed by atoms with E-state index in [9.17, 15) is 9.90 Å². The van der Waals surface area contributed by atoms with E-state index in [1.165, 1.54) is 0 Å². The van der Waals surface area contributed by atoms with Crippen LogP contribution in [0.4, 0.5) is 0 Å². The molecule has 0 aliphatic heterocycles. The number of rotatable bonds is 8. The van der Waals surface area contributed by atoms with Crippen molar-refractivity contribution in [1.82, 2.24) is 5.43 Å². The molecule has 208 valence electrons. The van der Waals surface area contributed by atoms with Crippen molar-refractivity contribution in [2.24, 2.45) is 5.10 Å². The fourth-order valence-corrected chi connectivity index (χ4v) is 4.73. The lowest BCUT2D eigenvalue weighted by molar-refractivity contribution is -0.121. The number of phenolic OH excluding ortho intramolecular Hbond substituents is 1. The molecule has 40 heavy (non-hydrogen) atoms. The van der Waals surface area contributed by atoms with E-state index in [0.717, 1.165) is 38.6 Å². The summed E-state index contributed by atoms with van der Waals surface area (Å²) in [5.74, 6) is 0.873. The number of aromatic hydroxyl groups is 1. The Balaban J connectivity index is 1.49. The van der Waals surface area contributed by atoms with Crippen molar-refractivity contribution >= 4 is 22.9 Å². The third-order valence-electron chi connectivity index (χ3n) is 6.98. The number of phenols is 1. The molecule has 0 atom stereocenters. The van der Waals surface area contributed by atoms with Crippen molar-refractivity contribution in [3.8, 4) is 11.5 Å². The summed E-state index contributed by atoms with van der Waals surface area (Å²) < 4.78 is 6.16. The molecule has 4 aromatic rings. The third kappa shape index (κ3) is 7.09. The number of hydrazone groups is 1. The number of nitrogens with zero attached hydrogens (tertiary/aromatic N) is 1. The number of carbonyl (C=O) groups is 1. The van der Waals surface area contributed by atoms with Crippen molar-refractivity contribution in [3.05, 3.63) is 107 Å². The number of hydrogen-bond donors (Lipinski definition) is 2. The number of fused-ring (bicyclic) bond motifs is 1. The first-order valence-corrected chi connectivity index (χ1v) is 13.8. The van der Waals surface area contributed by atoms with Gasteiger partial charge in [-0.3, -0.25) is 4.79 Å². The zero-order valence-electron chi connectivity index (χ0n) is 24.4.